The lowest BCUT2D eigenvalue weighted by Gasteiger charge is -2.12. The van der Waals surface area contributed by atoms with E-state index in [-0.39, 0.29) is 0 Å². The van der Waals surface area contributed by atoms with Gasteiger partial charge in [-0.2, -0.15) is 0 Å². The van der Waals surface area contributed by atoms with Crippen LogP contribution in [0.3, 0.4) is 0 Å². The average Bonchev–Trinajstić information content (AvgIpc) is 2.38. The third kappa shape index (κ3) is 4.11. The lowest BCUT2D eigenvalue weighted by molar-refractivity contribution is 0.159. The molecule has 1 rings (SSSR count). The van der Waals surface area contributed by atoms with E-state index in [4.69, 9.17) is 14.2 Å². The molecular formula is C14H19O3. The van der Waals surface area contributed by atoms with E-state index >= 15 is 0 Å². The summed E-state index contributed by atoms with van der Waals surface area (Å²) < 4.78 is 15.9. The van der Waals surface area contributed by atoms with Gasteiger partial charge in [0.2, 0.25) is 0 Å². The zero-order chi connectivity index (χ0) is 12.5. The van der Waals surface area contributed by atoms with Gasteiger partial charge in [-0.1, -0.05) is 6.08 Å². The second-order valence-corrected chi connectivity index (χ2v) is 3.55. The smallest absolute Gasteiger partial charge is 0.163 e. The minimum absolute atomic E-state index is 0.599. The van der Waals surface area contributed by atoms with Crippen LogP contribution in [-0.4, -0.2) is 27.4 Å². The van der Waals surface area contributed by atoms with Crippen LogP contribution in [0, 0.1) is 6.07 Å². The van der Waals surface area contributed by atoms with Crippen molar-refractivity contribution in [1.29, 1.82) is 0 Å². The van der Waals surface area contributed by atoms with Gasteiger partial charge in [-0.25, -0.2) is 0 Å². The SMILES string of the molecule is C=CCOCCCc1c[c]cc(OC)c1OC. The van der Waals surface area contributed by atoms with E-state index in [1.54, 1.807) is 26.4 Å². The first-order valence-electron chi connectivity index (χ1n) is 5.63. The van der Waals surface area contributed by atoms with E-state index < -0.39 is 0 Å². The van der Waals surface area contributed by atoms with Gasteiger partial charge in [0.25, 0.3) is 0 Å². The first kappa shape index (κ1) is 13.6. The van der Waals surface area contributed by atoms with E-state index in [0.717, 1.165) is 29.9 Å². The van der Waals surface area contributed by atoms with Crippen LogP contribution >= 0.6 is 0 Å². The average molecular weight is 235 g/mol. The molecule has 1 aromatic rings. The third-order valence-corrected chi connectivity index (χ3v) is 2.38. The maximum Gasteiger partial charge on any atom is 0.163 e. The molecule has 0 unspecified atom stereocenters. The molecule has 17 heavy (non-hydrogen) atoms. The summed E-state index contributed by atoms with van der Waals surface area (Å²) in [5.41, 5.74) is 1.09. The van der Waals surface area contributed by atoms with Crippen LogP contribution < -0.4 is 9.47 Å². The van der Waals surface area contributed by atoms with Gasteiger partial charge in [0.15, 0.2) is 11.5 Å². The molecule has 1 radical (unpaired) electrons. The van der Waals surface area contributed by atoms with Crippen LogP contribution in [0.2, 0.25) is 0 Å². The predicted molar refractivity (Wildman–Crippen MR) is 67.7 cm³/mol. The molecule has 3 heteroatoms. The Balaban J connectivity index is 2.54. The van der Waals surface area contributed by atoms with Gasteiger partial charge in [0.05, 0.1) is 20.8 Å². The van der Waals surface area contributed by atoms with E-state index in [1.807, 2.05) is 6.07 Å². The Labute approximate surface area is 103 Å². The van der Waals surface area contributed by atoms with Crippen molar-refractivity contribution in [2.24, 2.45) is 0 Å². The van der Waals surface area contributed by atoms with Crippen LogP contribution in [0.1, 0.15) is 12.0 Å². The largest absolute Gasteiger partial charge is 0.493 e. The molecule has 0 spiro atoms. The molecule has 3 nitrogen and oxygen atoms in total. The van der Waals surface area contributed by atoms with Crippen LogP contribution in [0.15, 0.2) is 24.8 Å². The number of hydrogen-bond donors (Lipinski definition) is 0. The zero-order valence-electron chi connectivity index (χ0n) is 10.5. The van der Waals surface area contributed by atoms with E-state index in [1.165, 1.54) is 0 Å². The lowest BCUT2D eigenvalue weighted by atomic mass is 10.1. The Morgan fingerprint density at radius 3 is 2.76 bits per heavy atom. The van der Waals surface area contributed by atoms with Gasteiger partial charge in [-0.05, 0) is 36.6 Å². The van der Waals surface area contributed by atoms with Crippen molar-refractivity contribution in [2.45, 2.75) is 12.8 Å². The third-order valence-electron chi connectivity index (χ3n) is 2.38. The Kier molecular flexibility index (Phi) is 6.18. The second-order valence-electron chi connectivity index (χ2n) is 3.55. The molecule has 1 aromatic carbocycles. The summed E-state index contributed by atoms with van der Waals surface area (Å²) in [5, 5.41) is 0. The summed E-state index contributed by atoms with van der Waals surface area (Å²) in [4.78, 5) is 0. The molecule has 0 aliphatic carbocycles. The molecular weight excluding hydrogens is 216 g/mol. The van der Waals surface area contributed by atoms with Gasteiger partial charge >= 0.3 is 0 Å². The van der Waals surface area contributed by atoms with Crippen molar-refractivity contribution in [3.05, 3.63) is 36.4 Å². The highest BCUT2D eigenvalue weighted by molar-refractivity contribution is 5.46. The number of aryl methyl sites for hydroxylation is 1. The van der Waals surface area contributed by atoms with Crippen LogP contribution in [-0.2, 0) is 11.2 Å². The minimum Gasteiger partial charge on any atom is -0.493 e. The van der Waals surface area contributed by atoms with E-state index in [2.05, 4.69) is 12.6 Å². The molecule has 0 atom stereocenters. The Hall–Kier alpha value is -1.48. The van der Waals surface area contributed by atoms with Crippen molar-refractivity contribution in [3.63, 3.8) is 0 Å². The molecule has 0 aromatic heterocycles. The minimum atomic E-state index is 0.599. The Bertz CT molecular complexity index is 347. The molecule has 0 bridgehead atoms. The standard InChI is InChI=1S/C14H19O3/c1-4-10-17-11-6-8-12-7-5-9-13(15-2)14(12)16-3/h4,7,9H,1,6,8,10-11H2,2-3H3. The highest BCUT2D eigenvalue weighted by Crippen LogP contribution is 2.31. The fourth-order valence-corrected chi connectivity index (χ4v) is 1.61. The highest BCUT2D eigenvalue weighted by Gasteiger charge is 2.08. The van der Waals surface area contributed by atoms with Crippen molar-refractivity contribution >= 4 is 0 Å². The van der Waals surface area contributed by atoms with Gasteiger partial charge in [0, 0.05) is 6.61 Å². The predicted octanol–water partition coefficient (Wildman–Crippen LogP) is 2.64. The van der Waals surface area contributed by atoms with Crippen molar-refractivity contribution in [2.75, 3.05) is 27.4 Å². The quantitative estimate of drug-likeness (QED) is 0.512. The first-order valence-corrected chi connectivity index (χ1v) is 5.63. The lowest BCUT2D eigenvalue weighted by Crippen LogP contribution is -2.00. The summed E-state index contributed by atoms with van der Waals surface area (Å²) >= 11 is 0. The normalized spacial score (nSPS) is 10.0. The maximum atomic E-state index is 5.34. The number of benzene rings is 1. The Morgan fingerprint density at radius 1 is 1.29 bits per heavy atom. The molecule has 0 heterocycles. The first-order chi connectivity index (χ1) is 8.33. The topological polar surface area (TPSA) is 27.7 Å². The second kappa shape index (κ2) is 7.74. The fourth-order valence-electron chi connectivity index (χ4n) is 1.61. The number of rotatable bonds is 8. The van der Waals surface area contributed by atoms with Gasteiger partial charge in [-0.15, -0.1) is 6.58 Å². The van der Waals surface area contributed by atoms with Crippen LogP contribution in [0.25, 0.3) is 0 Å². The molecule has 0 N–H and O–H groups in total. The molecule has 0 aliphatic rings. The molecule has 0 amide bonds. The summed E-state index contributed by atoms with van der Waals surface area (Å²) in [7, 11) is 3.28. The highest BCUT2D eigenvalue weighted by atomic mass is 16.5. The molecule has 0 fully saturated rings. The van der Waals surface area contributed by atoms with Crippen LogP contribution in [0.4, 0.5) is 0 Å². The van der Waals surface area contributed by atoms with Crippen LogP contribution in [0.5, 0.6) is 11.5 Å². The van der Waals surface area contributed by atoms with Gasteiger partial charge in [0.1, 0.15) is 0 Å². The summed E-state index contributed by atoms with van der Waals surface area (Å²) in [6.45, 7) is 4.91. The van der Waals surface area contributed by atoms with Crippen molar-refractivity contribution in [1.82, 2.24) is 0 Å². The summed E-state index contributed by atoms with van der Waals surface area (Å²) in [5.74, 6) is 1.51. The summed E-state index contributed by atoms with van der Waals surface area (Å²) in [6.07, 6.45) is 3.57. The molecule has 0 saturated carbocycles. The monoisotopic (exact) mass is 235 g/mol. The van der Waals surface area contributed by atoms with Gasteiger partial charge in [-0.3, -0.25) is 0 Å². The van der Waals surface area contributed by atoms with Crippen molar-refractivity contribution in [3.8, 4) is 11.5 Å². The Morgan fingerprint density at radius 2 is 2.12 bits per heavy atom. The fraction of sp³-hybridized carbons (Fsp3) is 0.429. The molecule has 0 aliphatic heterocycles. The van der Waals surface area contributed by atoms with E-state index in [9.17, 15) is 0 Å². The van der Waals surface area contributed by atoms with Crippen molar-refractivity contribution < 1.29 is 14.2 Å². The van der Waals surface area contributed by atoms with Gasteiger partial charge < -0.3 is 14.2 Å². The summed E-state index contributed by atoms with van der Waals surface area (Å²) in [6, 6.07) is 6.75. The van der Waals surface area contributed by atoms with E-state index in [0.29, 0.717) is 13.2 Å². The molecule has 0 saturated heterocycles. The zero-order valence-corrected chi connectivity index (χ0v) is 10.5. The molecule has 93 valence electrons. The maximum absolute atomic E-state index is 5.34. The number of methoxy groups -OCH3 is 2. The number of hydrogen-bond acceptors (Lipinski definition) is 3. The number of ether oxygens (including phenoxy) is 3.